The monoisotopic (exact) mass is 213 g/mol. The lowest BCUT2D eigenvalue weighted by Gasteiger charge is -2.40. The molecular weight excluding hydrogens is 194 g/mol. The zero-order valence-corrected chi connectivity index (χ0v) is 9.66. The SMILES string of the molecule is CCC(=O)N(C1CCC1)[C@H](C)C(=O)OC. The van der Waals surface area contributed by atoms with Gasteiger partial charge in [0, 0.05) is 12.5 Å². The highest BCUT2D eigenvalue weighted by Gasteiger charge is 2.34. The van der Waals surface area contributed by atoms with Crippen LogP contribution in [0.25, 0.3) is 0 Å². The number of amides is 1. The predicted octanol–water partition coefficient (Wildman–Crippen LogP) is 1.34. The number of methoxy groups -OCH3 is 1. The van der Waals surface area contributed by atoms with Gasteiger partial charge in [0.05, 0.1) is 7.11 Å². The van der Waals surface area contributed by atoms with Crippen molar-refractivity contribution in [2.24, 2.45) is 0 Å². The fourth-order valence-electron chi connectivity index (χ4n) is 1.87. The van der Waals surface area contributed by atoms with Crippen molar-refractivity contribution in [2.45, 2.75) is 51.6 Å². The van der Waals surface area contributed by atoms with Gasteiger partial charge in [-0.3, -0.25) is 4.79 Å². The Morgan fingerprint density at radius 1 is 1.47 bits per heavy atom. The summed E-state index contributed by atoms with van der Waals surface area (Å²) in [7, 11) is 1.36. The summed E-state index contributed by atoms with van der Waals surface area (Å²) in [6, 6.07) is -0.209. The molecule has 0 spiro atoms. The van der Waals surface area contributed by atoms with E-state index in [1.165, 1.54) is 7.11 Å². The van der Waals surface area contributed by atoms with Crippen LogP contribution in [-0.4, -0.2) is 36.0 Å². The molecule has 0 saturated heterocycles. The number of hydrogen-bond acceptors (Lipinski definition) is 3. The molecule has 0 aromatic heterocycles. The van der Waals surface area contributed by atoms with Gasteiger partial charge in [0.15, 0.2) is 0 Å². The van der Waals surface area contributed by atoms with Crippen LogP contribution in [-0.2, 0) is 14.3 Å². The summed E-state index contributed by atoms with van der Waals surface area (Å²) in [5, 5.41) is 0. The van der Waals surface area contributed by atoms with E-state index in [-0.39, 0.29) is 17.9 Å². The van der Waals surface area contributed by atoms with Crippen LogP contribution in [0, 0.1) is 0 Å². The Labute approximate surface area is 90.6 Å². The van der Waals surface area contributed by atoms with E-state index in [1.807, 2.05) is 6.92 Å². The molecule has 1 aliphatic carbocycles. The van der Waals surface area contributed by atoms with E-state index in [0.29, 0.717) is 6.42 Å². The second-order valence-corrected chi connectivity index (χ2v) is 3.94. The van der Waals surface area contributed by atoms with Crippen LogP contribution in [0.3, 0.4) is 0 Å². The molecule has 0 radical (unpaired) electrons. The maximum Gasteiger partial charge on any atom is 0.328 e. The van der Waals surface area contributed by atoms with E-state index in [4.69, 9.17) is 0 Å². The Morgan fingerprint density at radius 2 is 2.07 bits per heavy atom. The topological polar surface area (TPSA) is 46.6 Å². The van der Waals surface area contributed by atoms with Crippen LogP contribution in [0.4, 0.5) is 0 Å². The van der Waals surface area contributed by atoms with E-state index < -0.39 is 6.04 Å². The third-order valence-corrected chi connectivity index (χ3v) is 3.02. The molecule has 0 aromatic rings. The largest absolute Gasteiger partial charge is 0.467 e. The Hall–Kier alpha value is -1.06. The summed E-state index contributed by atoms with van der Waals surface area (Å²) in [6.07, 6.45) is 3.60. The molecule has 86 valence electrons. The molecule has 1 rings (SSSR count). The highest BCUT2D eigenvalue weighted by molar-refractivity contribution is 5.84. The second-order valence-electron chi connectivity index (χ2n) is 3.94. The van der Waals surface area contributed by atoms with E-state index in [0.717, 1.165) is 19.3 Å². The van der Waals surface area contributed by atoms with Crippen LogP contribution in [0.5, 0.6) is 0 Å². The number of carbonyl (C=O) groups is 2. The summed E-state index contributed by atoms with van der Waals surface area (Å²) in [5.74, 6) is -0.290. The van der Waals surface area contributed by atoms with E-state index in [9.17, 15) is 9.59 Å². The van der Waals surface area contributed by atoms with Gasteiger partial charge in [-0.05, 0) is 26.2 Å². The maximum atomic E-state index is 11.7. The lowest BCUT2D eigenvalue weighted by Crippen LogP contribution is -2.52. The lowest BCUT2D eigenvalue weighted by molar-refractivity contribution is -0.155. The van der Waals surface area contributed by atoms with Crippen LogP contribution < -0.4 is 0 Å². The first kappa shape index (κ1) is 12.0. The summed E-state index contributed by atoms with van der Waals surface area (Å²) in [5.41, 5.74) is 0. The summed E-state index contributed by atoms with van der Waals surface area (Å²) < 4.78 is 4.67. The quantitative estimate of drug-likeness (QED) is 0.662. The molecule has 0 aromatic carbocycles. The van der Waals surface area contributed by atoms with Crippen LogP contribution in [0.1, 0.15) is 39.5 Å². The Morgan fingerprint density at radius 3 is 2.40 bits per heavy atom. The molecule has 1 fully saturated rings. The molecule has 1 amide bonds. The van der Waals surface area contributed by atoms with Gasteiger partial charge >= 0.3 is 5.97 Å². The summed E-state index contributed by atoms with van der Waals surface area (Å²) >= 11 is 0. The first-order valence-electron chi connectivity index (χ1n) is 5.50. The van der Waals surface area contributed by atoms with Crippen molar-refractivity contribution in [3.05, 3.63) is 0 Å². The van der Waals surface area contributed by atoms with Crippen molar-refractivity contribution in [2.75, 3.05) is 7.11 Å². The normalized spacial score (nSPS) is 17.8. The highest BCUT2D eigenvalue weighted by Crippen LogP contribution is 2.27. The fourth-order valence-corrected chi connectivity index (χ4v) is 1.87. The minimum atomic E-state index is -0.451. The van der Waals surface area contributed by atoms with Crippen LogP contribution in [0.15, 0.2) is 0 Å². The van der Waals surface area contributed by atoms with Gasteiger partial charge in [-0.25, -0.2) is 4.79 Å². The molecular formula is C11H19NO3. The van der Waals surface area contributed by atoms with Crippen molar-refractivity contribution in [1.82, 2.24) is 4.90 Å². The summed E-state index contributed by atoms with van der Waals surface area (Å²) in [6.45, 7) is 3.55. The molecule has 0 unspecified atom stereocenters. The smallest absolute Gasteiger partial charge is 0.328 e. The maximum absolute atomic E-state index is 11.7. The molecule has 1 atom stereocenters. The molecule has 0 aliphatic heterocycles. The zero-order chi connectivity index (χ0) is 11.4. The standard InChI is InChI=1S/C11H19NO3/c1-4-10(13)12(9-6-5-7-9)8(2)11(14)15-3/h8-9H,4-7H2,1-3H3/t8-/m1/s1. The minimum absolute atomic E-state index is 0.0394. The molecule has 0 heterocycles. The number of carbonyl (C=O) groups excluding carboxylic acids is 2. The third-order valence-electron chi connectivity index (χ3n) is 3.02. The number of ether oxygens (including phenoxy) is 1. The molecule has 4 nitrogen and oxygen atoms in total. The first-order chi connectivity index (χ1) is 7.11. The fraction of sp³-hybridized carbons (Fsp3) is 0.818. The van der Waals surface area contributed by atoms with Crippen LogP contribution >= 0.6 is 0 Å². The molecule has 1 saturated carbocycles. The van der Waals surface area contributed by atoms with E-state index >= 15 is 0 Å². The van der Waals surface area contributed by atoms with Gasteiger partial charge in [0.2, 0.25) is 5.91 Å². The molecule has 0 N–H and O–H groups in total. The number of rotatable bonds is 4. The van der Waals surface area contributed by atoms with Crippen molar-refractivity contribution in [3.63, 3.8) is 0 Å². The Bertz CT molecular complexity index is 248. The molecule has 1 aliphatic rings. The number of nitrogens with zero attached hydrogens (tertiary/aromatic N) is 1. The van der Waals surface area contributed by atoms with E-state index in [1.54, 1.807) is 11.8 Å². The second kappa shape index (κ2) is 5.14. The first-order valence-corrected chi connectivity index (χ1v) is 5.50. The number of hydrogen-bond donors (Lipinski definition) is 0. The Balaban J connectivity index is 2.70. The highest BCUT2D eigenvalue weighted by atomic mass is 16.5. The van der Waals surface area contributed by atoms with Gasteiger partial charge in [-0.15, -0.1) is 0 Å². The molecule has 0 bridgehead atoms. The third kappa shape index (κ3) is 2.49. The minimum Gasteiger partial charge on any atom is -0.467 e. The van der Waals surface area contributed by atoms with Gasteiger partial charge in [0.25, 0.3) is 0 Å². The van der Waals surface area contributed by atoms with E-state index in [2.05, 4.69) is 4.74 Å². The van der Waals surface area contributed by atoms with Crippen molar-refractivity contribution in [1.29, 1.82) is 0 Å². The molecule has 15 heavy (non-hydrogen) atoms. The van der Waals surface area contributed by atoms with Crippen molar-refractivity contribution in [3.8, 4) is 0 Å². The van der Waals surface area contributed by atoms with Crippen LogP contribution in [0.2, 0.25) is 0 Å². The number of esters is 1. The molecule has 4 heteroatoms. The van der Waals surface area contributed by atoms with Gasteiger partial charge in [-0.1, -0.05) is 6.92 Å². The average molecular weight is 213 g/mol. The van der Waals surface area contributed by atoms with Crippen molar-refractivity contribution >= 4 is 11.9 Å². The van der Waals surface area contributed by atoms with Gasteiger partial charge in [-0.2, -0.15) is 0 Å². The van der Waals surface area contributed by atoms with Gasteiger partial charge < -0.3 is 9.64 Å². The van der Waals surface area contributed by atoms with Gasteiger partial charge in [0.1, 0.15) is 6.04 Å². The van der Waals surface area contributed by atoms with Crippen molar-refractivity contribution < 1.29 is 14.3 Å². The predicted molar refractivity (Wildman–Crippen MR) is 56.3 cm³/mol. The zero-order valence-electron chi connectivity index (χ0n) is 9.66. The lowest BCUT2D eigenvalue weighted by atomic mass is 9.90. The summed E-state index contributed by atoms with van der Waals surface area (Å²) in [4.78, 5) is 24.8. The average Bonchev–Trinajstić information content (AvgIpc) is 2.19. The Kier molecular flexibility index (Phi) is 4.12.